The van der Waals surface area contributed by atoms with E-state index in [0.29, 0.717) is 33.8 Å². The molecule has 12 heteroatoms. The zero-order valence-electron chi connectivity index (χ0n) is 20.8. The Morgan fingerprint density at radius 2 is 1.77 bits per heavy atom. The highest BCUT2D eigenvalue weighted by Gasteiger charge is 2.21. The number of hydrogen-bond donors (Lipinski definition) is 3. The van der Waals surface area contributed by atoms with Gasteiger partial charge in [-0.05, 0) is 54.6 Å². The summed E-state index contributed by atoms with van der Waals surface area (Å²) in [7, 11) is -4.58. The third-order valence-electron chi connectivity index (χ3n) is 5.77. The average Bonchev–Trinajstić information content (AvgIpc) is 2.88. The first-order chi connectivity index (χ1) is 18.5. The molecular formula is C27H23Cl2N3O6S. The van der Waals surface area contributed by atoms with Crippen LogP contribution < -0.4 is 10.1 Å². The summed E-state index contributed by atoms with van der Waals surface area (Å²) in [6, 6.07) is 15.7. The van der Waals surface area contributed by atoms with Crippen LogP contribution >= 0.6 is 23.2 Å². The lowest BCUT2D eigenvalue weighted by atomic mass is 10.0. The minimum Gasteiger partial charge on any atom is -0.505 e. The van der Waals surface area contributed by atoms with Crippen LogP contribution in [-0.2, 0) is 16.5 Å². The average molecular weight is 588 g/mol. The Kier molecular flexibility index (Phi) is 8.41. The summed E-state index contributed by atoms with van der Waals surface area (Å²) < 4.78 is 39.0. The Morgan fingerprint density at radius 3 is 2.46 bits per heavy atom. The number of ether oxygens (including phenoxy) is 1. The van der Waals surface area contributed by atoms with E-state index in [4.69, 9.17) is 27.9 Å². The molecule has 0 unspecified atom stereocenters. The second-order valence-corrected chi connectivity index (χ2v) is 10.5. The molecule has 0 saturated heterocycles. The van der Waals surface area contributed by atoms with Gasteiger partial charge in [-0.25, -0.2) is 0 Å². The number of anilines is 1. The number of benzene rings is 4. The minimum atomic E-state index is -4.58. The van der Waals surface area contributed by atoms with Crippen molar-refractivity contribution in [3.63, 3.8) is 0 Å². The Bertz CT molecular complexity index is 1720. The lowest BCUT2D eigenvalue weighted by molar-refractivity contribution is 0.102. The number of amides is 1. The minimum absolute atomic E-state index is 0.0191. The van der Waals surface area contributed by atoms with E-state index in [0.717, 1.165) is 6.07 Å². The fraction of sp³-hybridized carbons (Fsp3) is 0.148. The molecule has 0 fully saturated rings. The number of nitrogens with one attached hydrogen (secondary N) is 1. The van der Waals surface area contributed by atoms with E-state index in [1.807, 2.05) is 0 Å². The lowest BCUT2D eigenvalue weighted by Gasteiger charge is -2.14. The molecule has 0 aromatic heterocycles. The molecule has 3 N–H and O–H groups in total. The van der Waals surface area contributed by atoms with E-state index in [1.54, 1.807) is 56.3 Å². The largest absolute Gasteiger partial charge is 0.505 e. The smallest absolute Gasteiger partial charge is 0.294 e. The molecule has 1 amide bonds. The maximum atomic E-state index is 13.3. The fourth-order valence-corrected chi connectivity index (χ4v) is 5.39. The number of nitrogens with zero attached hydrogens (tertiary/aromatic N) is 2. The highest BCUT2D eigenvalue weighted by molar-refractivity contribution is 7.85. The van der Waals surface area contributed by atoms with Gasteiger partial charge in [0.05, 0.1) is 23.5 Å². The maximum Gasteiger partial charge on any atom is 0.294 e. The van der Waals surface area contributed by atoms with Crippen LogP contribution in [-0.4, -0.2) is 30.6 Å². The molecule has 9 nitrogen and oxygen atoms in total. The Hall–Kier alpha value is -3.70. The van der Waals surface area contributed by atoms with Gasteiger partial charge in [0.25, 0.3) is 16.0 Å². The first-order valence-corrected chi connectivity index (χ1v) is 13.9. The number of hydrogen-bond acceptors (Lipinski definition) is 7. The van der Waals surface area contributed by atoms with Crippen LogP contribution in [0.3, 0.4) is 0 Å². The molecule has 4 aromatic carbocycles. The van der Waals surface area contributed by atoms with E-state index in [1.165, 1.54) is 12.1 Å². The first-order valence-electron chi connectivity index (χ1n) is 11.7. The molecular weight excluding hydrogens is 565 g/mol. The maximum absolute atomic E-state index is 13.3. The van der Waals surface area contributed by atoms with E-state index in [2.05, 4.69) is 15.5 Å². The fourth-order valence-electron chi connectivity index (χ4n) is 3.99. The molecule has 4 rings (SSSR count). The molecule has 0 aliphatic carbocycles. The SMILES string of the molecule is CCOc1cc(Cl)ccc1NC(=O)c1cc2ccccc2c(N=Nc2cc(Cl)c(CC)c(S(=O)(=O)O)c2)c1O. The van der Waals surface area contributed by atoms with Crippen LogP contribution in [0.5, 0.6) is 11.5 Å². The molecule has 0 saturated carbocycles. The number of rotatable bonds is 8. The third-order valence-corrected chi connectivity index (χ3v) is 7.26. The zero-order valence-corrected chi connectivity index (χ0v) is 23.1. The quantitative estimate of drug-likeness (QED) is 0.142. The Morgan fingerprint density at radius 1 is 1.03 bits per heavy atom. The van der Waals surface area contributed by atoms with Crippen molar-refractivity contribution in [2.24, 2.45) is 10.2 Å². The molecule has 4 aromatic rings. The summed E-state index contributed by atoms with van der Waals surface area (Å²) in [6.45, 7) is 3.83. The monoisotopic (exact) mass is 587 g/mol. The topological polar surface area (TPSA) is 138 Å². The Balaban J connectivity index is 1.80. The van der Waals surface area contributed by atoms with E-state index in [9.17, 15) is 22.9 Å². The normalized spacial score (nSPS) is 11.7. The van der Waals surface area contributed by atoms with Gasteiger partial charge in [0, 0.05) is 21.5 Å². The van der Waals surface area contributed by atoms with Crippen molar-refractivity contribution in [1.29, 1.82) is 0 Å². The van der Waals surface area contributed by atoms with Crippen LogP contribution in [0.4, 0.5) is 17.1 Å². The molecule has 0 aliphatic rings. The zero-order chi connectivity index (χ0) is 28.3. The van der Waals surface area contributed by atoms with Gasteiger partial charge in [0.1, 0.15) is 16.3 Å². The molecule has 0 bridgehead atoms. The number of aromatic hydroxyl groups is 1. The van der Waals surface area contributed by atoms with Crippen molar-refractivity contribution in [2.45, 2.75) is 25.2 Å². The highest BCUT2D eigenvalue weighted by atomic mass is 35.5. The van der Waals surface area contributed by atoms with Crippen LogP contribution in [0, 0.1) is 0 Å². The van der Waals surface area contributed by atoms with Gasteiger partial charge in [-0.1, -0.05) is 54.4 Å². The highest BCUT2D eigenvalue weighted by Crippen LogP contribution is 2.41. The predicted octanol–water partition coefficient (Wildman–Crippen LogP) is 7.73. The summed E-state index contributed by atoms with van der Waals surface area (Å²) in [5.41, 5.74) is 0.497. The van der Waals surface area contributed by atoms with Crippen molar-refractivity contribution in [1.82, 2.24) is 0 Å². The summed E-state index contributed by atoms with van der Waals surface area (Å²) in [4.78, 5) is 12.9. The van der Waals surface area contributed by atoms with Crippen molar-refractivity contribution in [3.8, 4) is 11.5 Å². The number of fused-ring (bicyclic) bond motifs is 1. The molecule has 0 spiro atoms. The van der Waals surface area contributed by atoms with Crippen molar-refractivity contribution in [3.05, 3.63) is 81.8 Å². The van der Waals surface area contributed by atoms with Gasteiger partial charge in [-0.15, -0.1) is 5.11 Å². The van der Waals surface area contributed by atoms with Crippen molar-refractivity contribution < 1.29 is 27.6 Å². The van der Waals surface area contributed by atoms with Crippen LogP contribution in [0.2, 0.25) is 10.0 Å². The Labute approximate surface area is 234 Å². The van der Waals surface area contributed by atoms with E-state index < -0.39 is 21.8 Å². The van der Waals surface area contributed by atoms with Crippen LogP contribution in [0.1, 0.15) is 29.8 Å². The first kappa shape index (κ1) is 28.3. The number of carbonyl (C=O) groups excluding carboxylic acids is 1. The van der Waals surface area contributed by atoms with Gasteiger partial charge < -0.3 is 15.2 Å². The van der Waals surface area contributed by atoms with Crippen molar-refractivity contribution >= 4 is 67.1 Å². The molecule has 0 aliphatic heterocycles. The number of carbonyl (C=O) groups is 1. The van der Waals surface area contributed by atoms with E-state index in [-0.39, 0.29) is 38.8 Å². The summed E-state index contributed by atoms with van der Waals surface area (Å²) in [5.74, 6) is -0.726. The number of phenols is 1. The molecule has 0 heterocycles. The summed E-state index contributed by atoms with van der Waals surface area (Å²) in [6.07, 6.45) is 0.257. The summed E-state index contributed by atoms with van der Waals surface area (Å²) >= 11 is 12.3. The molecule has 0 atom stereocenters. The number of halogens is 2. The van der Waals surface area contributed by atoms with Crippen molar-refractivity contribution in [2.75, 3.05) is 11.9 Å². The number of phenolic OH excluding ortho intramolecular Hbond substituents is 1. The number of azo groups is 1. The van der Waals surface area contributed by atoms with Crippen LogP contribution in [0.15, 0.2) is 75.8 Å². The lowest BCUT2D eigenvalue weighted by Crippen LogP contribution is -2.13. The van der Waals surface area contributed by atoms with Gasteiger partial charge >= 0.3 is 0 Å². The summed E-state index contributed by atoms with van der Waals surface area (Å²) in [5, 5.41) is 23.7. The molecule has 39 heavy (non-hydrogen) atoms. The second kappa shape index (κ2) is 11.6. The van der Waals surface area contributed by atoms with Gasteiger partial charge in [0.2, 0.25) is 0 Å². The van der Waals surface area contributed by atoms with Gasteiger partial charge in [0.15, 0.2) is 5.75 Å². The van der Waals surface area contributed by atoms with Gasteiger partial charge in [-0.3, -0.25) is 9.35 Å². The third kappa shape index (κ3) is 6.15. The van der Waals surface area contributed by atoms with Gasteiger partial charge in [-0.2, -0.15) is 13.5 Å². The standard InChI is InChI=1S/C27H23Cl2N3O6S/c1-3-18-21(29)13-17(14-24(18)39(35,36)37)31-32-25-19-8-6-5-7-15(19)11-20(26(25)33)27(34)30-22-10-9-16(28)12-23(22)38-4-2/h5-14,33H,3-4H2,1-2H3,(H,30,34)(H,35,36,37). The molecule has 0 radical (unpaired) electrons. The molecule has 202 valence electrons. The van der Waals surface area contributed by atoms with Crippen LogP contribution in [0.25, 0.3) is 10.8 Å². The predicted molar refractivity (Wildman–Crippen MR) is 151 cm³/mol. The van der Waals surface area contributed by atoms with E-state index >= 15 is 0 Å². The second-order valence-electron chi connectivity index (χ2n) is 8.30.